The molecule has 0 amide bonds. The number of aromatic nitrogens is 1. The van der Waals surface area contributed by atoms with E-state index in [1.165, 1.54) is 8.27 Å². The highest BCUT2D eigenvalue weighted by atomic mass is 127. The van der Waals surface area contributed by atoms with Crippen LogP contribution in [0.5, 0.6) is 0 Å². The first-order chi connectivity index (χ1) is 5.81. The van der Waals surface area contributed by atoms with Gasteiger partial charge < -0.3 is 5.32 Å². The zero-order valence-electron chi connectivity index (χ0n) is 6.47. The molecule has 0 saturated heterocycles. The van der Waals surface area contributed by atoms with Crippen molar-refractivity contribution in [2.75, 3.05) is 12.4 Å². The van der Waals surface area contributed by atoms with Crippen LogP contribution in [0, 0.1) is 3.57 Å². The van der Waals surface area contributed by atoms with E-state index in [-0.39, 0.29) is 0 Å². The minimum atomic E-state index is 0.981. The molecule has 0 aliphatic carbocycles. The standard InChI is InChI=1S/C8H7IN2S/c1-10-8-11-7-5(9)3-2-4-6(7)12-8/h2-4H,1H3,(H,10,11). The second kappa shape index (κ2) is 3.18. The largest absolute Gasteiger partial charge is 0.365 e. The van der Waals surface area contributed by atoms with Gasteiger partial charge in [0, 0.05) is 10.6 Å². The molecule has 4 heteroatoms. The Morgan fingerprint density at radius 3 is 3.00 bits per heavy atom. The zero-order valence-corrected chi connectivity index (χ0v) is 9.44. The van der Waals surface area contributed by atoms with Gasteiger partial charge in [0.1, 0.15) is 0 Å². The molecular formula is C8H7IN2S. The average molecular weight is 290 g/mol. The fraction of sp³-hybridized carbons (Fsp3) is 0.125. The summed E-state index contributed by atoms with van der Waals surface area (Å²) in [6.07, 6.45) is 0. The normalized spacial score (nSPS) is 10.5. The molecule has 0 bridgehead atoms. The summed E-state index contributed by atoms with van der Waals surface area (Å²) in [5.41, 5.74) is 1.10. The lowest BCUT2D eigenvalue weighted by Gasteiger charge is -1.88. The minimum Gasteiger partial charge on any atom is -0.365 e. The molecule has 0 atom stereocenters. The van der Waals surface area contributed by atoms with Crippen LogP contribution in [0.2, 0.25) is 0 Å². The molecule has 1 aromatic heterocycles. The van der Waals surface area contributed by atoms with Gasteiger partial charge in [0.15, 0.2) is 5.13 Å². The van der Waals surface area contributed by atoms with Crippen LogP contribution in [-0.4, -0.2) is 12.0 Å². The van der Waals surface area contributed by atoms with Crippen LogP contribution in [0.1, 0.15) is 0 Å². The Morgan fingerprint density at radius 2 is 2.33 bits per heavy atom. The van der Waals surface area contributed by atoms with Crippen LogP contribution in [0.3, 0.4) is 0 Å². The van der Waals surface area contributed by atoms with E-state index in [0.29, 0.717) is 0 Å². The number of benzene rings is 1. The lowest BCUT2D eigenvalue weighted by atomic mass is 10.3. The van der Waals surface area contributed by atoms with Gasteiger partial charge in [-0.05, 0) is 34.7 Å². The maximum absolute atomic E-state index is 4.43. The van der Waals surface area contributed by atoms with E-state index in [2.05, 4.69) is 51.1 Å². The van der Waals surface area contributed by atoms with Gasteiger partial charge in [-0.15, -0.1) is 0 Å². The summed E-state index contributed by atoms with van der Waals surface area (Å²) >= 11 is 3.99. The van der Waals surface area contributed by atoms with Crippen molar-refractivity contribution < 1.29 is 0 Å². The summed E-state index contributed by atoms with van der Waals surface area (Å²) < 4.78 is 2.45. The molecular weight excluding hydrogens is 283 g/mol. The van der Waals surface area contributed by atoms with Crippen molar-refractivity contribution in [1.82, 2.24) is 4.98 Å². The van der Waals surface area contributed by atoms with Crippen molar-refractivity contribution in [1.29, 1.82) is 0 Å². The van der Waals surface area contributed by atoms with Crippen molar-refractivity contribution >= 4 is 49.3 Å². The van der Waals surface area contributed by atoms with E-state index in [4.69, 9.17) is 0 Å². The van der Waals surface area contributed by atoms with E-state index < -0.39 is 0 Å². The number of thiazole rings is 1. The van der Waals surface area contributed by atoms with Gasteiger partial charge in [-0.3, -0.25) is 0 Å². The third-order valence-electron chi connectivity index (χ3n) is 1.58. The molecule has 0 aliphatic heterocycles. The molecule has 2 nitrogen and oxygen atoms in total. The van der Waals surface area contributed by atoms with E-state index >= 15 is 0 Å². The SMILES string of the molecule is CNc1nc2c(I)cccc2s1. The molecule has 1 aromatic carbocycles. The number of fused-ring (bicyclic) bond motifs is 1. The number of para-hydroxylation sites is 1. The molecule has 1 heterocycles. The van der Waals surface area contributed by atoms with Crippen LogP contribution in [0.15, 0.2) is 18.2 Å². The molecule has 0 fully saturated rings. The Labute approximate surface area is 88.1 Å². The number of halogens is 1. The second-order valence-electron chi connectivity index (χ2n) is 2.36. The Bertz CT molecular complexity index is 410. The average Bonchev–Trinajstić information content (AvgIpc) is 2.49. The highest BCUT2D eigenvalue weighted by Crippen LogP contribution is 2.28. The fourth-order valence-electron chi connectivity index (χ4n) is 1.02. The van der Waals surface area contributed by atoms with Gasteiger partial charge in [-0.25, -0.2) is 4.98 Å². The van der Waals surface area contributed by atoms with Crippen LogP contribution in [0.4, 0.5) is 5.13 Å². The van der Waals surface area contributed by atoms with Crippen LogP contribution >= 0.6 is 33.9 Å². The topological polar surface area (TPSA) is 24.9 Å². The summed E-state index contributed by atoms with van der Waals surface area (Å²) in [6.45, 7) is 0. The fourth-order valence-corrected chi connectivity index (χ4v) is 2.67. The summed E-state index contributed by atoms with van der Waals surface area (Å²) in [6, 6.07) is 6.22. The number of hydrogen-bond acceptors (Lipinski definition) is 3. The predicted molar refractivity (Wildman–Crippen MR) is 61.9 cm³/mol. The zero-order chi connectivity index (χ0) is 8.55. The predicted octanol–water partition coefficient (Wildman–Crippen LogP) is 2.94. The van der Waals surface area contributed by atoms with Gasteiger partial charge in [0.2, 0.25) is 0 Å². The summed E-state index contributed by atoms with van der Waals surface area (Å²) in [7, 11) is 1.89. The van der Waals surface area contributed by atoms with E-state index in [9.17, 15) is 0 Å². The summed E-state index contributed by atoms with van der Waals surface area (Å²) in [4.78, 5) is 4.43. The van der Waals surface area contributed by atoms with Crippen molar-refractivity contribution in [2.45, 2.75) is 0 Å². The summed E-state index contributed by atoms with van der Waals surface area (Å²) in [5.74, 6) is 0. The first kappa shape index (κ1) is 8.25. The van der Waals surface area contributed by atoms with E-state index in [1.54, 1.807) is 11.3 Å². The highest BCUT2D eigenvalue weighted by Gasteiger charge is 2.03. The molecule has 0 aliphatic rings. The first-order valence-corrected chi connectivity index (χ1v) is 5.43. The Morgan fingerprint density at radius 1 is 1.50 bits per heavy atom. The van der Waals surface area contributed by atoms with Crippen LogP contribution in [0.25, 0.3) is 10.2 Å². The van der Waals surface area contributed by atoms with Crippen molar-refractivity contribution in [2.24, 2.45) is 0 Å². The molecule has 0 radical (unpaired) electrons. The van der Waals surface area contributed by atoms with Crippen molar-refractivity contribution in [3.05, 3.63) is 21.8 Å². The maximum Gasteiger partial charge on any atom is 0.183 e. The van der Waals surface area contributed by atoms with Crippen LogP contribution < -0.4 is 5.32 Å². The molecule has 0 spiro atoms. The number of nitrogens with zero attached hydrogens (tertiary/aromatic N) is 1. The number of hydrogen-bond donors (Lipinski definition) is 1. The molecule has 12 heavy (non-hydrogen) atoms. The van der Waals surface area contributed by atoms with Crippen molar-refractivity contribution in [3.8, 4) is 0 Å². The van der Waals surface area contributed by atoms with Crippen LogP contribution in [-0.2, 0) is 0 Å². The summed E-state index contributed by atoms with van der Waals surface area (Å²) in [5, 5.41) is 4.03. The Balaban J connectivity index is 2.74. The first-order valence-electron chi connectivity index (χ1n) is 3.54. The van der Waals surface area contributed by atoms with Gasteiger partial charge in [-0.1, -0.05) is 17.4 Å². The highest BCUT2D eigenvalue weighted by molar-refractivity contribution is 14.1. The number of rotatable bonds is 1. The van der Waals surface area contributed by atoms with E-state index in [1.807, 2.05) is 7.05 Å². The molecule has 0 saturated carbocycles. The third kappa shape index (κ3) is 1.29. The lowest BCUT2D eigenvalue weighted by Crippen LogP contribution is -1.84. The molecule has 2 aromatic rings. The quantitative estimate of drug-likeness (QED) is 0.817. The molecule has 2 rings (SSSR count). The Kier molecular flexibility index (Phi) is 2.18. The van der Waals surface area contributed by atoms with Gasteiger partial charge in [0.05, 0.1) is 10.2 Å². The Hall–Kier alpha value is -0.360. The maximum atomic E-state index is 4.43. The third-order valence-corrected chi connectivity index (χ3v) is 3.49. The van der Waals surface area contributed by atoms with Crippen molar-refractivity contribution in [3.63, 3.8) is 0 Å². The second-order valence-corrected chi connectivity index (χ2v) is 4.55. The minimum absolute atomic E-state index is 0.981. The molecule has 0 unspecified atom stereocenters. The van der Waals surface area contributed by atoms with E-state index in [0.717, 1.165) is 10.6 Å². The molecule has 1 N–H and O–H groups in total. The van der Waals surface area contributed by atoms with Gasteiger partial charge >= 0.3 is 0 Å². The van der Waals surface area contributed by atoms with Gasteiger partial charge in [0.25, 0.3) is 0 Å². The molecule has 62 valence electrons. The lowest BCUT2D eigenvalue weighted by molar-refractivity contribution is 1.41. The number of anilines is 1. The van der Waals surface area contributed by atoms with Gasteiger partial charge in [-0.2, -0.15) is 0 Å². The smallest absolute Gasteiger partial charge is 0.183 e. The number of nitrogens with one attached hydrogen (secondary N) is 1. The monoisotopic (exact) mass is 290 g/mol.